The monoisotopic (exact) mass is 222 g/mol. The molecule has 1 aromatic rings. The highest BCUT2D eigenvalue weighted by Gasteiger charge is 2.18. The Bertz CT molecular complexity index is 329. The minimum Gasteiger partial charge on any atom is -0.459 e. The number of hydrogen-bond acceptors (Lipinski definition) is 3. The van der Waals surface area contributed by atoms with Crippen LogP contribution in [0.15, 0.2) is 22.8 Å². The first kappa shape index (κ1) is 11.2. The summed E-state index contributed by atoms with van der Waals surface area (Å²) in [7, 11) is 0. The number of furan rings is 1. The Balaban J connectivity index is 1.76. The molecule has 2 heterocycles. The lowest BCUT2D eigenvalue weighted by Gasteiger charge is -2.23. The molecule has 0 spiro atoms. The minimum atomic E-state index is -0.129. The van der Waals surface area contributed by atoms with E-state index in [1.54, 1.807) is 12.1 Å². The number of carbonyl (C=O) groups is 1. The first-order chi connectivity index (χ1) is 7.77. The third kappa shape index (κ3) is 2.64. The molecule has 1 amide bonds. The van der Waals surface area contributed by atoms with Gasteiger partial charge in [0.1, 0.15) is 0 Å². The average molecular weight is 222 g/mol. The Hall–Kier alpha value is -1.29. The maximum atomic E-state index is 11.6. The molecule has 4 nitrogen and oxygen atoms in total. The first-order valence-electron chi connectivity index (χ1n) is 5.83. The maximum absolute atomic E-state index is 11.6. The van der Waals surface area contributed by atoms with E-state index in [1.165, 1.54) is 19.1 Å². The van der Waals surface area contributed by atoms with Gasteiger partial charge >= 0.3 is 0 Å². The van der Waals surface area contributed by atoms with Crippen LogP contribution in [-0.2, 0) is 0 Å². The number of amides is 1. The molecule has 1 aliphatic heterocycles. The second-order valence-electron chi connectivity index (χ2n) is 4.28. The zero-order valence-corrected chi connectivity index (χ0v) is 9.61. The van der Waals surface area contributed by atoms with Crippen molar-refractivity contribution in [1.29, 1.82) is 0 Å². The molecule has 0 aliphatic carbocycles. The minimum absolute atomic E-state index is 0.129. The molecular formula is C12H18N2O2. The highest BCUT2D eigenvalue weighted by Crippen LogP contribution is 2.10. The summed E-state index contributed by atoms with van der Waals surface area (Å²) in [6, 6.07) is 3.80. The summed E-state index contributed by atoms with van der Waals surface area (Å²) in [4.78, 5) is 14.0. The maximum Gasteiger partial charge on any atom is 0.287 e. The largest absolute Gasteiger partial charge is 0.459 e. The Labute approximate surface area is 95.6 Å². The number of nitrogens with one attached hydrogen (secondary N) is 1. The highest BCUT2D eigenvalue weighted by atomic mass is 16.3. The predicted octanol–water partition coefficient (Wildman–Crippen LogP) is 1.49. The fourth-order valence-corrected chi connectivity index (χ4v) is 2.05. The normalized spacial score (nSPS) is 18.6. The molecule has 0 aromatic carbocycles. The van der Waals surface area contributed by atoms with Crippen LogP contribution in [0.4, 0.5) is 0 Å². The van der Waals surface area contributed by atoms with Gasteiger partial charge in [0, 0.05) is 12.6 Å². The van der Waals surface area contributed by atoms with E-state index in [2.05, 4.69) is 17.1 Å². The lowest BCUT2D eigenvalue weighted by atomic mass is 10.3. The highest BCUT2D eigenvalue weighted by molar-refractivity contribution is 5.91. The van der Waals surface area contributed by atoms with Crippen LogP contribution in [0, 0.1) is 0 Å². The number of rotatable bonds is 4. The van der Waals surface area contributed by atoms with Gasteiger partial charge in [-0.25, -0.2) is 0 Å². The van der Waals surface area contributed by atoms with Crippen LogP contribution in [0.2, 0.25) is 0 Å². The van der Waals surface area contributed by atoms with Gasteiger partial charge in [0.15, 0.2) is 5.76 Å². The molecule has 2 rings (SSSR count). The van der Waals surface area contributed by atoms with Crippen molar-refractivity contribution in [1.82, 2.24) is 10.2 Å². The van der Waals surface area contributed by atoms with Gasteiger partial charge in [-0.05, 0) is 45.0 Å². The fourth-order valence-electron chi connectivity index (χ4n) is 2.05. The molecule has 1 aromatic heterocycles. The topological polar surface area (TPSA) is 45.5 Å². The van der Waals surface area contributed by atoms with E-state index >= 15 is 0 Å². The molecule has 0 radical (unpaired) electrons. The Morgan fingerprint density at radius 2 is 2.31 bits per heavy atom. The second-order valence-corrected chi connectivity index (χ2v) is 4.28. The average Bonchev–Trinajstić information content (AvgIpc) is 2.95. The van der Waals surface area contributed by atoms with E-state index < -0.39 is 0 Å². The van der Waals surface area contributed by atoms with Crippen LogP contribution in [0.25, 0.3) is 0 Å². The number of carbonyl (C=O) groups excluding carboxylic acids is 1. The van der Waals surface area contributed by atoms with Gasteiger partial charge < -0.3 is 9.73 Å². The lowest BCUT2D eigenvalue weighted by molar-refractivity contribution is 0.0912. The smallest absolute Gasteiger partial charge is 0.287 e. The summed E-state index contributed by atoms with van der Waals surface area (Å²) in [6.45, 7) is 5.13. The van der Waals surface area contributed by atoms with Crippen molar-refractivity contribution in [3.63, 3.8) is 0 Å². The number of hydrogen-bond donors (Lipinski definition) is 1. The van der Waals surface area contributed by atoms with Crippen molar-refractivity contribution in [2.24, 2.45) is 0 Å². The summed E-state index contributed by atoms with van der Waals surface area (Å²) < 4.78 is 5.03. The van der Waals surface area contributed by atoms with E-state index in [0.717, 1.165) is 13.1 Å². The van der Waals surface area contributed by atoms with E-state index in [4.69, 9.17) is 4.42 Å². The summed E-state index contributed by atoms with van der Waals surface area (Å²) in [5.41, 5.74) is 0. The van der Waals surface area contributed by atoms with Crippen LogP contribution in [0.1, 0.15) is 30.3 Å². The standard InChI is InChI=1S/C12H18N2O2/c1-10(14-6-2-3-7-14)9-13-12(15)11-5-4-8-16-11/h4-5,8,10H,2-3,6-7,9H2,1H3,(H,13,15)/t10-/m1/s1. The zero-order valence-electron chi connectivity index (χ0n) is 9.61. The SMILES string of the molecule is C[C@H](CNC(=O)c1ccco1)N1CCCC1. The van der Waals surface area contributed by atoms with E-state index in [-0.39, 0.29) is 5.91 Å². The van der Waals surface area contributed by atoms with Crippen molar-refractivity contribution in [3.05, 3.63) is 24.2 Å². The molecule has 1 N–H and O–H groups in total. The van der Waals surface area contributed by atoms with Crippen LogP contribution >= 0.6 is 0 Å². The van der Waals surface area contributed by atoms with Gasteiger partial charge in [0.05, 0.1) is 6.26 Å². The van der Waals surface area contributed by atoms with E-state index in [0.29, 0.717) is 18.3 Å². The molecule has 0 unspecified atom stereocenters. The molecule has 1 saturated heterocycles. The van der Waals surface area contributed by atoms with Gasteiger partial charge in [0.2, 0.25) is 0 Å². The van der Waals surface area contributed by atoms with E-state index in [1.807, 2.05) is 0 Å². The van der Waals surface area contributed by atoms with Crippen molar-refractivity contribution in [2.45, 2.75) is 25.8 Å². The molecule has 4 heteroatoms. The summed E-state index contributed by atoms with van der Waals surface area (Å²) in [6.07, 6.45) is 4.06. The molecule has 1 fully saturated rings. The van der Waals surface area contributed by atoms with Crippen molar-refractivity contribution < 1.29 is 9.21 Å². The summed E-state index contributed by atoms with van der Waals surface area (Å²) in [5.74, 6) is 0.254. The molecule has 1 aliphatic rings. The Morgan fingerprint density at radius 3 is 2.94 bits per heavy atom. The van der Waals surface area contributed by atoms with Gasteiger partial charge in [-0.15, -0.1) is 0 Å². The molecule has 16 heavy (non-hydrogen) atoms. The van der Waals surface area contributed by atoms with Crippen LogP contribution in [0.5, 0.6) is 0 Å². The fraction of sp³-hybridized carbons (Fsp3) is 0.583. The Morgan fingerprint density at radius 1 is 1.56 bits per heavy atom. The van der Waals surface area contributed by atoms with Crippen LogP contribution in [0.3, 0.4) is 0 Å². The second kappa shape index (κ2) is 5.16. The van der Waals surface area contributed by atoms with Gasteiger partial charge in [-0.1, -0.05) is 0 Å². The molecule has 1 atom stereocenters. The molecular weight excluding hydrogens is 204 g/mol. The first-order valence-corrected chi connectivity index (χ1v) is 5.83. The van der Waals surface area contributed by atoms with Crippen molar-refractivity contribution >= 4 is 5.91 Å². The summed E-state index contributed by atoms with van der Waals surface area (Å²) >= 11 is 0. The lowest BCUT2D eigenvalue weighted by Crippen LogP contribution is -2.40. The third-order valence-corrected chi connectivity index (χ3v) is 3.07. The van der Waals surface area contributed by atoms with Crippen molar-refractivity contribution in [2.75, 3.05) is 19.6 Å². The van der Waals surface area contributed by atoms with Gasteiger partial charge in [-0.3, -0.25) is 9.69 Å². The molecule has 0 saturated carbocycles. The van der Waals surface area contributed by atoms with Gasteiger partial charge in [0.25, 0.3) is 5.91 Å². The third-order valence-electron chi connectivity index (χ3n) is 3.07. The molecule has 0 bridgehead atoms. The van der Waals surface area contributed by atoms with E-state index in [9.17, 15) is 4.79 Å². The molecule has 88 valence electrons. The Kier molecular flexibility index (Phi) is 3.62. The van der Waals surface area contributed by atoms with Crippen LogP contribution in [-0.4, -0.2) is 36.5 Å². The summed E-state index contributed by atoms with van der Waals surface area (Å²) in [5, 5.41) is 2.89. The number of likely N-dealkylation sites (tertiary alicyclic amines) is 1. The van der Waals surface area contributed by atoms with Crippen LogP contribution < -0.4 is 5.32 Å². The number of nitrogens with zero attached hydrogens (tertiary/aromatic N) is 1. The quantitative estimate of drug-likeness (QED) is 0.839. The van der Waals surface area contributed by atoms with Gasteiger partial charge in [-0.2, -0.15) is 0 Å². The van der Waals surface area contributed by atoms with Crippen molar-refractivity contribution in [3.8, 4) is 0 Å². The zero-order chi connectivity index (χ0) is 11.4. The predicted molar refractivity (Wildman–Crippen MR) is 61.3 cm³/mol.